The van der Waals surface area contributed by atoms with E-state index in [9.17, 15) is 19.5 Å². The third kappa shape index (κ3) is 2.02. The molecular formula is C15H9NO5. The molecule has 0 radical (unpaired) electrons. The summed E-state index contributed by atoms with van der Waals surface area (Å²) >= 11 is 0. The Morgan fingerprint density at radius 3 is 2.38 bits per heavy atom. The zero-order chi connectivity index (χ0) is 15.1. The van der Waals surface area contributed by atoms with Crippen molar-refractivity contribution in [2.45, 2.75) is 0 Å². The fourth-order valence-corrected chi connectivity index (χ4v) is 2.32. The number of fused-ring (bicyclic) bond motifs is 1. The second kappa shape index (κ2) is 4.45. The number of phenolic OH excluding ortho intramolecular Hbond substituents is 1. The van der Waals surface area contributed by atoms with Crippen LogP contribution in [0.4, 0.5) is 0 Å². The predicted octanol–water partition coefficient (Wildman–Crippen LogP) is 1.64. The number of hydrogen-bond acceptors (Lipinski definition) is 4. The van der Waals surface area contributed by atoms with Gasteiger partial charge in [-0.3, -0.25) is 14.9 Å². The Morgan fingerprint density at radius 2 is 1.71 bits per heavy atom. The lowest BCUT2D eigenvalue weighted by atomic mass is 9.94. The third-order valence-corrected chi connectivity index (χ3v) is 3.24. The molecule has 0 saturated carbocycles. The number of hydrogen-bond donors (Lipinski definition) is 3. The maximum absolute atomic E-state index is 11.9. The van der Waals surface area contributed by atoms with Crippen LogP contribution in [-0.4, -0.2) is 28.0 Å². The van der Waals surface area contributed by atoms with Gasteiger partial charge in [0, 0.05) is 0 Å². The second-order valence-electron chi connectivity index (χ2n) is 4.59. The van der Waals surface area contributed by atoms with Crippen molar-refractivity contribution in [3.8, 4) is 16.9 Å². The molecule has 0 fully saturated rings. The molecule has 2 aromatic rings. The minimum atomic E-state index is -1.20. The Balaban J connectivity index is 2.34. The van der Waals surface area contributed by atoms with Crippen molar-refractivity contribution in [3.63, 3.8) is 0 Å². The zero-order valence-corrected chi connectivity index (χ0v) is 10.6. The molecule has 6 nitrogen and oxygen atoms in total. The predicted molar refractivity (Wildman–Crippen MR) is 72.3 cm³/mol. The van der Waals surface area contributed by atoms with E-state index in [1.165, 1.54) is 24.3 Å². The SMILES string of the molecule is O=C(O)c1cc2c(c(-c3cccc(O)c3)c1)C(=O)NC2=O. The number of carbonyl (C=O) groups excluding carboxylic acids is 2. The van der Waals surface area contributed by atoms with Gasteiger partial charge in [-0.15, -0.1) is 0 Å². The first kappa shape index (κ1) is 12.9. The molecule has 1 aliphatic heterocycles. The largest absolute Gasteiger partial charge is 0.508 e. The molecule has 0 spiro atoms. The van der Waals surface area contributed by atoms with E-state index in [-0.39, 0.29) is 22.4 Å². The molecule has 0 aromatic heterocycles. The lowest BCUT2D eigenvalue weighted by molar-refractivity contribution is 0.0696. The minimum absolute atomic E-state index is 0.0216. The van der Waals surface area contributed by atoms with Gasteiger partial charge < -0.3 is 10.2 Å². The first-order chi connectivity index (χ1) is 9.97. The molecular weight excluding hydrogens is 274 g/mol. The van der Waals surface area contributed by atoms with Crippen LogP contribution in [0.3, 0.4) is 0 Å². The average Bonchev–Trinajstić information content (AvgIpc) is 2.73. The number of phenols is 1. The molecule has 2 amide bonds. The summed E-state index contributed by atoms with van der Waals surface area (Å²) in [6, 6.07) is 8.53. The summed E-state index contributed by atoms with van der Waals surface area (Å²) in [6.45, 7) is 0. The third-order valence-electron chi connectivity index (χ3n) is 3.24. The number of carbonyl (C=O) groups is 3. The number of rotatable bonds is 2. The highest BCUT2D eigenvalue weighted by Gasteiger charge is 2.31. The molecule has 0 unspecified atom stereocenters. The topological polar surface area (TPSA) is 104 Å². The molecule has 0 bridgehead atoms. The van der Waals surface area contributed by atoms with Crippen LogP contribution >= 0.6 is 0 Å². The van der Waals surface area contributed by atoms with E-state index < -0.39 is 17.8 Å². The Bertz CT molecular complexity index is 810. The zero-order valence-electron chi connectivity index (χ0n) is 10.6. The molecule has 104 valence electrons. The fraction of sp³-hybridized carbons (Fsp3) is 0. The summed E-state index contributed by atoms with van der Waals surface area (Å²) in [5.74, 6) is -2.43. The van der Waals surface area contributed by atoms with Gasteiger partial charge in [0.2, 0.25) is 0 Å². The van der Waals surface area contributed by atoms with Gasteiger partial charge in [0.05, 0.1) is 16.7 Å². The summed E-state index contributed by atoms with van der Waals surface area (Å²) in [4.78, 5) is 34.8. The molecule has 1 heterocycles. The number of aromatic carboxylic acids is 1. The van der Waals surface area contributed by atoms with E-state index >= 15 is 0 Å². The van der Waals surface area contributed by atoms with Crippen molar-refractivity contribution in [1.29, 1.82) is 0 Å². The minimum Gasteiger partial charge on any atom is -0.508 e. The standard InChI is InChI=1S/C15H9NO5/c17-9-3-1-2-7(4-9)10-5-8(15(20)21)6-11-12(10)14(19)16-13(11)18/h1-6,17H,(H,20,21)(H,16,18,19). The van der Waals surface area contributed by atoms with Crippen molar-refractivity contribution in [1.82, 2.24) is 5.32 Å². The van der Waals surface area contributed by atoms with Gasteiger partial charge in [-0.1, -0.05) is 12.1 Å². The normalized spacial score (nSPS) is 13.0. The van der Waals surface area contributed by atoms with E-state index in [4.69, 9.17) is 5.11 Å². The molecule has 6 heteroatoms. The van der Waals surface area contributed by atoms with Crippen molar-refractivity contribution >= 4 is 17.8 Å². The van der Waals surface area contributed by atoms with E-state index in [1.807, 2.05) is 0 Å². The second-order valence-corrected chi connectivity index (χ2v) is 4.59. The summed E-state index contributed by atoms with van der Waals surface area (Å²) in [5.41, 5.74) is 0.800. The molecule has 0 aliphatic carbocycles. The number of imide groups is 1. The van der Waals surface area contributed by atoms with Crippen LogP contribution in [0.25, 0.3) is 11.1 Å². The molecule has 21 heavy (non-hydrogen) atoms. The number of carboxylic acids is 1. The smallest absolute Gasteiger partial charge is 0.335 e. The monoisotopic (exact) mass is 283 g/mol. The van der Waals surface area contributed by atoms with Crippen LogP contribution in [0.1, 0.15) is 31.1 Å². The molecule has 0 atom stereocenters. The number of nitrogens with one attached hydrogen (secondary N) is 1. The van der Waals surface area contributed by atoms with Crippen LogP contribution in [0.5, 0.6) is 5.75 Å². The van der Waals surface area contributed by atoms with Crippen molar-refractivity contribution in [3.05, 3.63) is 53.1 Å². The van der Waals surface area contributed by atoms with Gasteiger partial charge in [-0.2, -0.15) is 0 Å². The van der Waals surface area contributed by atoms with Crippen molar-refractivity contribution in [2.24, 2.45) is 0 Å². The van der Waals surface area contributed by atoms with Crippen LogP contribution in [0, 0.1) is 0 Å². The number of benzene rings is 2. The van der Waals surface area contributed by atoms with Crippen molar-refractivity contribution in [2.75, 3.05) is 0 Å². The van der Waals surface area contributed by atoms with E-state index in [2.05, 4.69) is 5.32 Å². The van der Waals surface area contributed by atoms with Crippen LogP contribution in [0.2, 0.25) is 0 Å². The lowest BCUT2D eigenvalue weighted by Gasteiger charge is -2.08. The van der Waals surface area contributed by atoms with Gasteiger partial charge in [0.25, 0.3) is 11.8 Å². The number of aromatic hydroxyl groups is 1. The van der Waals surface area contributed by atoms with E-state index in [0.29, 0.717) is 11.1 Å². The maximum Gasteiger partial charge on any atom is 0.335 e. The van der Waals surface area contributed by atoms with E-state index in [1.54, 1.807) is 12.1 Å². The Kier molecular flexibility index (Phi) is 2.72. The number of carboxylic acid groups (broad SMARTS) is 1. The van der Waals surface area contributed by atoms with Gasteiger partial charge in [-0.05, 0) is 35.4 Å². The first-order valence-corrected chi connectivity index (χ1v) is 6.04. The fourth-order valence-electron chi connectivity index (χ4n) is 2.32. The van der Waals surface area contributed by atoms with E-state index in [0.717, 1.165) is 0 Å². The highest BCUT2D eigenvalue weighted by molar-refractivity contribution is 6.24. The maximum atomic E-state index is 11.9. The number of amides is 2. The Hall–Kier alpha value is -3.15. The summed E-state index contributed by atoms with van der Waals surface area (Å²) in [7, 11) is 0. The van der Waals surface area contributed by atoms with Gasteiger partial charge in [-0.25, -0.2) is 4.79 Å². The van der Waals surface area contributed by atoms with Crippen molar-refractivity contribution < 1.29 is 24.6 Å². The molecule has 0 saturated heterocycles. The van der Waals surface area contributed by atoms with Crippen LogP contribution < -0.4 is 5.32 Å². The first-order valence-electron chi connectivity index (χ1n) is 6.04. The highest BCUT2D eigenvalue weighted by Crippen LogP contribution is 2.32. The Morgan fingerprint density at radius 1 is 1.00 bits per heavy atom. The van der Waals surface area contributed by atoms with Gasteiger partial charge in [0.15, 0.2) is 0 Å². The van der Waals surface area contributed by atoms with Crippen LogP contribution in [-0.2, 0) is 0 Å². The molecule has 2 aromatic carbocycles. The van der Waals surface area contributed by atoms with Crippen LogP contribution in [0.15, 0.2) is 36.4 Å². The summed E-state index contributed by atoms with van der Waals surface area (Å²) in [5, 5.41) is 20.8. The summed E-state index contributed by atoms with van der Waals surface area (Å²) in [6.07, 6.45) is 0. The molecule has 1 aliphatic rings. The Labute approximate surface area is 118 Å². The molecule has 3 rings (SSSR count). The summed E-state index contributed by atoms with van der Waals surface area (Å²) < 4.78 is 0. The molecule has 3 N–H and O–H groups in total. The van der Waals surface area contributed by atoms with Gasteiger partial charge >= 0.3 is 5.97 Å². The van der Waals surface area contributed by atoms with Gasteiger partial charge in [0.1, 0.15) is 5.75 Å². The highest BCUT2D eigenvalue weighted by atomic mass is 16.4. The average molecular weight is 283 g/mol. The lowest BCUT2D eigenvalue weighted by Crippen LogP contribution is -2.20. The quantitative estimate of drug-likeness (QED) is 0.727.